The van der Waals surface area contributed by atoms with Crippen molar-refractivity contribution in [3.05, 3.63) is 39.9 Å². The van der Waals surface area contributed by atoms with Gasteiger partial charge in [-0.25, -0.2) is 9.97 Å². The topological polar surface area (TPSA) is 64.9 Å². The zero-order valence-electron chi connectivity index (χ0n) is 11.7. The highest BCUT2D eigenvalue weighted by atomic mass is 127. The number of aromatic nitrogens is 4. The van der Waals surface area contributed by atoms with Gasteiger partial charge in [-0.15, -0.1) is 0 Å². The molecule has 1 N–H and O–H groups in total. The summed E-state index contributed by atoms with van der Waals surface area (Å²) in [4.78, 5) is 8.98. The summed E-state index contributed by atoms with van der Waals surface area (Å²) >= 11 is 2.24. The van der Waals surface area contributed by atoms with E-state index in [1.807, 2.05) is 38.4 Å². The largest absolute Gasteiger partial charge is 0.484 e. The van der Waals surface area contributed by atoms with E-state index in [0.29, 0.717) is 12.4 Å². The molecule has 0 aliphatic rings. The summed E-state index contributed by atoms with van der Waals surface area (Å²) in [5.74, 6) is 2.21. The Kier molecular flexibility index (Phi) is 3.91. The van der Waals surface area contributed by atoms with Crippen LogP contribution in [0.3, 0.4) is 0 Å². The zero-order valence-corrected chi connectivity index (χ0v) is 13.8. The van der Waals surface area contributed by atoms with E-state index in [9.17, 15) is 0 Å². The smallest absolute Gasteiger partial charge is 0.170 e. The van der Waals surface area contributed by atoms with Crippen molar-refractivity contribution >= 4 is 39.4 Å². The van der Waals surface area contributed by atoms with Crippen LogP contribution in [0.4, 0.5) is 5.82 Å². The Hall–Kier alpha value is -1.90. The predicted octanol–water partition coefficient (Wildman–Crippen LogP) is 2.59. The van der Waals surface area contributed by atoms with Gasteiger partial charge >= 0.3 is 0 Å². The highest BCUT2D eigenvalue weighted by Crippen LogP contribution is 2.22. The molecule has 108 valence electrons. The second-order valence-corrected chi connectivity index (χ2v) is 5.63. The normalized spacial score (nSPS) is 10.8. The fraction of sp³-hybridized carbons (Fsp3) is 0.214. The number of ether oxygens (including phenoxy) is 1. The van der Waals surface area contributed by atoms with Gasteiger partial charge in [0.25, 0.3) is 0 Å². The molecule has 2 aromatic heterocycles. The first-order chi connectivity index (χ1) is 10.2. The second kappa shape index (κ2) is 5.84. The van der Waals surface area contributed by atoms with Crippen LogP contribution in [0.5, 0.6) is 5.75 Å². The maximum absolute atomic E-state index is 5.80. The molecule has 0 fully saturated rings. The minimum atomic E-state index is 0.315. The minimum Gasteiger partial charge on any atom is -0.484 e. The molecule has 0 spiro atoms. The number of hydrogen-bond donors (Lipinski definition) is 1. The van der Waals surface area contributed by atoms with Crippen LogP contribution in [0, 0.1) is 3.57 Å². The van der Waals surface area contributed by atoms with Gasteiger partial charge in [0.15, 0.2) is 11.5 Å². The van der Waals surface area contributed by atoms with Crippen molar-refractivity contribution < 1.29 is 4.74 Å². The minimum absolute atomic E-state index is 0.315. The van der Waals surface area contributed by atoms with Crippen LogP contribution in [0.2, 0.25) is 0 Å². The summed E-state index contributed by atoms with van der Waals surface area (Å²) < 4.78 is 8.59. The number of hydrogen-bond acceptors (Lipinski definition) is 5. The van der Waals surface area contributed by atoms with E-state index in [1.165, 1.54) is 0 Å². The number of rotatable bonds is 4. The molecule has 2 heterocycles. The van der Waals surface area contributed by atoms with Crippen LogP contribution in [-0.2, 0) is 13.7 Å². The van der Waals surface area contributed by atoms with Gasteiger partial charge < -0.3 is 10.1 Å². The summed E-state index contributed by atoms with van der Waals surface area (Å²) in [6.45, 7) is 0.315. The van der Waals surface area contributed by atoms with Crippen LogP contribution in [-0.4, -0.2) is 26.8 Å². The number of nitrogens with zero attached hydrogens (tertiary/aromatic N) is 4. The van der Waals surface area contributed by atoms with Gasteiger partial charge in [-0.2, -0.15) is 5.10 Å². The van der Waals surface area contributed by atoms with Crippen molar-refractivity contribution in [1.82, 2.24) is 19.7 Å². The van der Waals surface area contributed by atoms with Crippen LogP contribution in [0.1, 0.15) is 5.82 Å². The monoisotopic (exact) mass is 395 g/mol. The molecule has 0 saturated carbocycles. The van der Waals surface area contributed by atoms with Crippen LogP contribution < -0.4 is 10.1 Å². The Morgan fingerprint density at radius 3 is 2.86 bits per heavy atom. The van der Waals surface area contributed by atoms with E-state index in [-0.39, 0.29) is 0 Å². The number of nitrogens with one attached hydrogen (secondary N) is 1. The molecule has 0 saturated heterocycles. The fourth-order valence-corrected chi connectivity index (χ4v) is 2.57. The molecule has 3 rings (SSSR count). The summed E-state index contributed by atoms with van der Waals surface area (Å²) in [5.41, 5.74) is 0.788. The van der Waals surface area contributed by atoms with Gasteiger partial charge in [-0.1, -0.05) is 12.1 Å². The van der Waals surface area contributed by atoms with E-state index in [1.54, 1.807) is 10.9 Å². The average molecular weight is 395 g/mol. The Bertz CT molecular complexity index is 786. The quantitative estimate of drug-likeness (QED) is 0.689. The Labute approximate surface area is 135 Å². The molecule has 0 unspecified atom stereocenters. The van der Waals surface area contributed by atoms with E-state index in [4.69, 9.17) is 4.74 Å². The van der Waals surface area contributed by atoms with Gasteiger partial charge in [0.05, 0.1) is 15.2 Å². The summed E-state index contributed by atoms with van der Waals surface area (Å²) in [6.07, 6.45) is 1.76. The number of fused-ring (bicyclic) bond motifs is 1. The molecule has 6 nitrogen and oxygen atoms in total. The maximum atomic E-state index is 5.80. The molecule has 0 atom stereocenters. The van der Waals surface area contributed by atoms with Crippen molar-refractivity contribution in [2.45, 2.75) is 6.61 Å². The molecular weight excluding hydrogens is 381 g/mol. The van der Waals surface area contributed by atoms with Crippen LogP contribution in [0.15, 0.2) is 30.5 Å². The number of para-hydroxylation sites is 1. The van der Waals surface area contributed by atoms with Crippen molar-refractivity contribution in [2.75, 3.05) is 12.4 Å². The third-order valence-corrected chi connectivity index (χ3v) is 3.96. The molecule has 21 heavy (non-hydrogen) atoms. The van der Waals surface area contributed by atoms with Gasteiger partial charge in [-0.05, 0) is 34.7 Å². The molecule has 0 bridgehead atoms. The number of anilines is 1. The lowest BCUT2D eigenvalue weighted by Gasteiger charge is -2.09. The summed E-state index contributed by atoms with van der Waals surface area (Å²) in [6, 6.07) is 7.86. The molecule has 3 aromatic rings. The molecule has 0 amide bonds. The van der Waals surface area contributed by atoms with E-state index in [0.717, 1.165) is 26.2 Å². The molecule has 7 heteroatoms. The van der Waals surface area contributed by atoms with Crippen molar-refractivity contribution in [3.8, 4) is 5.75 Å². The lowest BCUT2D eigenvalue weighted by atomic mass is 10.3. The predicted molar refractivity (Wildman–Crippen MR) is 89.3 cm³/mol. The van der Waals surface area contributed by atoms with E-state index in [2.05, 4.69) is 43.0 Å². The lowest BCUT2D eigenvalue weighted by Crippen LogP contribution is -2.06. The maximum Gasteiger partial charge on any atom is 0.170 e. The second-order valence-electron chi connectivity index (χ2n) is 4.46. The number of halogens is 1. The molecule has 0 aliphatic heterocycles. The lowest BCUT2D eigenvalue weighted by molar-refractivity contribution is 0.294. The van der Waals surface area contributed by atoms with Gasteiger partial charge in [0, 0.05) is 14.1 Å². The van der Waals surface area contributed by atoms with Gasteiger partial charge in [0.2, 0.25) is 0 Å². The fourth-order valence-electron chi connectivity index (χ4n) is 2.03. The van der Waals surface area contributed by atoms with E-state index < -0.39 is 0 Å². The van der Waals surface area contributed by atoms with Gasteiger partial charge in [0.1, 0.15) is 18.2 Å². The summed E-state index contributed by atoms with van der Waals surface area (Å²) in [7, 11) is 3.69. The summed E-state index contributed by atoms with van der Waals surface area (Å²) in [5, 5.41) is 8.18. The third kappa shape index (κ3) is 2.78. The Morgan fingerprint density at radius 1 is 1.29 bits per heavy atom. The van der Waals surface area contributed by atoms with Crippen molar-refractivity contribution in [2.24, 2.45) is 7.05 Å². The molecule has 0 aliphatic carbocycles. The average Bonchev–Trinajstić information content (AvgIpc) is 2.87. The SMILES string of the molecule is CNc1nc(COc2ccccc2I)nc2c1cnn2C. The zero-order chi connectivity index (χ0) is 14.8. The highest BCUT2D eigenvalue weighted by Gasteiger charge is 2.11. The van der Waals surface area contributed by atoms with Crippen LogP contribution in [0.25, 0.3) is 11.0 Å². The first-order valence-electron chi connectivity index (χ1n) is 6.42. The number of aryl methyl sites for hydroxylation is 1. The van der Waals surface area contributed by atoms with Crippen molar-refractivity contribution in [1.29, 1.82) is 0 Å². The first kappa shape index (κ1) is 14.1. The Morgan fingerprint density at radius 2 is 2.10 bits per heavy atom. The molecule has 0 radical (unpaired) electrons. The highest BCUT2D eigenvalue weighted by molar-refractivity contribution is 14.1. The standard InChI is InChI=1S/C14H14IN5O/c1-16-13-9-7-17-20(2)14(9)19-12(18-13)8-21-11-6-4-3-5-10(11)15/h3-7H,8H2,1-2H3,(H,16,18,19). The van der Waals surface area contributed by atoms with Crippen molar-refractivity contribution in [3.63, 3.8) is 0 Å². The van der Waals surface area contributed by atoms with E-state index >= 15 is 0 Å². The Balaban J connectivity index is 1.90. The van der Waals surface area contributed by atoms with Gasteiger partial charge in [-0.3, -0.25) is 4.68 Å². The molecular formula is C14H14IN5O. The van der Waals surface area contributed by atoms with Crippen LogP contribution >= 0.6 is 22.6 Å². The molecule has 1 aromatic carbocycles. The first-order valence-corrected chi connectivity index (χ1v) is 7.50. The number of benzene rings is 1. The third-order valence-electron chi connectivity index (χ3n) is 3.07.